The molecule has 80 valence electrons. The highest BCUT2D eigenvalue weighted by Crippen LogP contribution is 2.26. The summed E-state index contributed by atoms with van der Waals surface area (Å²) in [7, 11) is 0. The Labute approximate surface area is 103 Å². The van der Waals surface area contributed by atoms with E-state index in [9.17, 15) is 0 Å². The quantitative estimate of drug-likeness (QED) is 0.686. The lowest BCUT2D eigenvalue weighted by Gasteiger charge is -1.99. The predicted octanol–water partition coefficient (Wildman–Crippen LogP) is 3.53. The van der Waals surface area contributed by atoms with Crippen molar-refractivity contribution in [2.75, 3.05) is 0 Å². The normalized spacial score (nSPS) is 13.8. The summed E-state index contributed by atoms with van der Waals surface area (Å²) in [5.41, 5.74) is 2.21. The Hall–Kier alpha value is -1.25. The van der Waals surface area contributed by atoms with Crippen LogP contribution in [0.3, 0.4) is 0 Å². The minimum Gasteiger partial charge on any atom is -0.287 e. The van der Waals surface area contributed by atoms with E-state index in [2.05, 4.69) is 27.6 Å². The summed E-state index contributed by atoms with van der Waals surface area (Å²) >= 11 is 12.0. The topological polar surface area (TPSA) is 7.94 Å². The molecule has 3 rings (SSSR count). The van der Waals surface area contributed by atoms with Crippen molar-refractivity contribution < 1.29 is 4.58 Å². The molecular weight excluding hydrogens is 243 g/mol. The van der Waals surface area contributed by atoms with Gasteiger partial charge in [-0.25, -0.2) is 0 Å². The van der Waals surface area contributed by atoms with Crippen molar-refractivity contribution >= 4 is 35.1 Å². The van der Waals surface area contributed by atoms with E-state index in [0.717, 1.165) is 12.4 Å². The minimum atomic E-state index is 0.660. The molecule has 0 N–H and O–H groups in total. The number of hydrogen-bond donors (Lipinski definition) is 0. The van der Waals surface area contributed by atoms with Gasteiger partial charge in [-0.05, 0) is 18.2 Å². The molecule has 16 heavy (non-hydrogen) atoms. The number of fused-ring (bicyclic) bond motifs is 1. The highest BCUT2D eigenvalue weighted by molar-refractivity contribution is 6.34. The molecule has 2 nitrogen and oxygen atoms in total. The Morgan fingerprint density at radius 1 is 1.12 bits per heavy atom. The van der Waals surface area contributed by atoms with E-state index in [1.807, 2.05) is 18.2 Å². The van der Waals surface area contributed by atoms with Crippen LogP contribution in [0.2, 0.25) is 10.0 Å². The van der Waals surface area contributed by atoms with E-state index in [-0.39, 0.29) is 0 Å². The van der Waals surface area contributed by atoms with Gasteiger partial charge in [0.15, 0.2) is 6.21 Å². The Bertz CT molecular complexity index is 564. The van der Waals surface area contributed by atoms with Gasteiger partial charge < -0.3 is 0 Å². The molecule has 1 aromatic carbocycles. The summed E-state index contributed by atoms with van der Waals surface area (Å²) in [5.74, 6) is 0. The van der Waals surface area contributed by atoms with Gasteiger partial charge in [-0.2, -0.15) is 4.58 Å². The first-order chi connectivity index (χ1) is 7.72. The third kappa shape index (κ3) is 1.64. The van der Waals surface area contributed by atoms with Gasteiger partial charge in [-0.1, -0.05) is 23.2 Å². The van der Waals surface area contributed by atoms with E-state index in [1.54, 1.807) is 6.07 Å². The smallest absolute Gasteiger partial charge is 0.228 e. The number of aromatic nitrogens is 1. The Morgan fingerprint density at radius 3 is 2.56 bits per heavy atom. The maximum Gasteiger partial charge on any atom is 0.228 e. The lowest BCUT2D eigenvalue weighted by atomic mass is 10.3. The molecule has 0 spiro atoms. The van der Waals surface area contributed by atoms with Crippen molar-refractivity contribution in [2.45, 2.75) is 6.67 Å². The average Bonchev–Trinajstić information content (AvgIpc) is 2.74. The zero-order valence-electron chi connectivity index (χ0n) is 8.40. The number of hydrogen-bond acceptors (Lipinski definition) is 0. The van der Waals surface area contributed by atoms with Crippen LogP contribution in [0.4, 0.5) is 5.69 Å². The lowest BCUT2D eigenvalue weighted by molar-refractivity contribution is -0.463. The van der Waals surface area contributed by atoms with Crippen molar-refractivity contribution in [3.63, 3.8) is 0 Å². The largest absolute Gasteiger partial charge is 0.287 e. The van der Waals surface area contributed by atoms with Crippen molar-refractivity contribution in [3.8, 4) is 0 Å². The van der Waals surface area contributed by atoms with Gasteiger partial charge >= 0.3 is 0 Å². The van der Waals surface area contributed by atoms with Crippen LogP contribution in [-0.4, -0.2) is 15.4 Å². The van der Waals surface area contributed by atoms with Crippen LogP contribution in [0, 0.1) is 0 Å². The molecule has 1 aliphatic heterocycles. The average molecular weight is 252 g/mol. The first-order valence-corrected chi connectivity index (χ1v) is 5.71. The highest BCUT2D eigenvalue weighted by atomic mass is 35.5. The van der Waals surface area contributed by atoms with Crippen LogP contribution in [0.1, 0.15) is 5.69 Å². The van der Waals surface area contributed by atoms with Crippen molar-refractivity contribution in [1.29, 1.82) is 0 Å². The van der Waals surface area contributed by atoms with Crippen LogP contribution in [0.5, 0.6) is 0 Å². The molecule has 2 aromatic rings. The zero-order valence-corrected chi connectivity index (χ0v) is 9.91. The lowest BCUT2D eigenvalue weighted by Crippen LogP contribution is -2.03. The Balaban J connectivity index is 2.04. The summed E-state index contributed by atoms with van der Waals surface area (Å²) < 4.78 is 4.28. The molecule has 0 aliphatic carbocycles. The molecule has 4 heteroatoms. The molecule has 2 heterocycles. The van der Waals surface area contributed by atoms with Gasteiger partial charge in [0.05, 0.1) is 0 Å². The fourth-order valence-corrected chi connectivity index (χ4v) is 2.41. The molecule has 0 atom stereocenters. The van der Waals surface area contributed by atoms with Crippen LogP contribution < -0.4 is 0 Å². The second kappa shape index (κ2) is 3.65. The van der Waals surface area contributed by atoms with Crippen molar-refractivity contribution in [3.05, 3.63) is 52.3 Å². The van der Waals surface area contributed by atoms with Gasteiger partial charge in [0.1, 0.15) is 5.69 Å². The van der Waals surface area contributed by atoms with E-state index in [0.29, 0.717) is 10.0 Å². The second-order valence-corrected chi connectivity index (χ2v) is 4.64. The van der Waals surface area contributed by atoms with Crippen LogP contribution in [0.25, 0.3) is 0 Å². The Morgan fingerprint density at radius 2 is 1.88 bits per heavy atom. The molecule has 0 bridgehead atoms. The van der Waals surface area contributed by atoms with E-state index >= 15 is 0 Å². The number of nitrogens with zero attached hydrogens (tertiary/aromatic N) is 2. The zero-order chi connectivity index (χ0) is 11.1. The van der Waals surface area contributed by atoms with Crippen molar-refractivity contribution in [2.24, 2.45) is 0 Å². The second-order valence-electron chi connectivity index (χ2n) is 3.77. The molecule has 0 unspecified atom stereocenters. The fourth-order valence-electron chi connectivity index (χ4n) is 1.90. The summed E-state index contributed by atoms with van der Waals surface area (Å²) in [6, 6.07) is 9.68. The minimum absolute atomic E-state index is 0.660. The maximum atomic E-state index is 5.98. The van der Waals surface area contributed by atoms with Crippen LogP contribution in [0.15, 0.2) is 36.5 Å². The molecule has 1 aromatic heterocycles. The predicted molar refractivity (Wildman–Crippen MR) is 66.0 cm³/mol. The number of halogens is 2. The van der Waals surface area contributed by atoms with Gasteiger partial charge in [0.2, 0.25) is 12.4 Å². The molecular formula is C12H9Cl2N2+. The standard InChI is InChI=1S/C12H9Cl2N2/c13-9-4-10(14)6-12(5-9)16-7-11-2-1-3-15(11)8-16/h1-7H,8H2/q+1. The van der Waals surface area contributed by atoms with E-state index < -0.39 is 0 Å². The maximum absolute atomic E-state index is 5.98. The monoisotopic (exact) mass is 251 g/mol. The first kappa shape index (κ1) is 9.94. The third-order valence-corrected chi connectivity index (χ3v) is 3.07. The third-order valence-electron chi connectivity index (χ3n) is 2.64. The van der Waals surface area contributed by atoms with E-state index in [1.165, 1.54) is 5.69 Å². The molecule has 0 fully saturated rings. The van der Waals surface area contributed by atoms with Gasteiger partial charge in [0, 0.05) is 28.4 Å². The van der Waals surface area contributed by atoms with Crippen LogP contribution >= 0.6 is 23.2 Å². The molecule has 0 radical (unpaired) electrons. The van der Waals surface area contributed by atoms with Gasteiger partial charge in [-0.3, -0.25) is 4.57 Å². The first-order valence-electron chi connectivity index (χ1n) is 4.95. The molecule has 1 aliphatic rings. The summed E-state index contributed by atoms with van der Waals surface area (Å²) in [5, 5.41) is 1.32. The van der Waals surface area contributed by atoms with Gasteiger partial charge in [-0.15, -0.1) is 0 Å². The number of rotatable bonds is 1. The molecule has 0 saturated heterocycles. The number of benzene rings is 1. The highest BCUT2D eigenvalue weighted by Gasteiger charge is 2.20. The van der Waals surface area contributed by atoms with Crippen LogP contribution in [-0.2, 0) is 6.67 Å². The van der Waals surface area contributed by atoms with Gasteiger partial charge in [0.25, 0.3) is 0 Å². The summed E-state index contributed by atoms with van der Waals surface area (Å²) in [6.45, 7) is 0.805. The fraction of sp³-hybridized carbons (Fsp3) is 0.0833. The van der Waals surface area contributed by atoms with Crippen molar-refractivity contribution in [1.82, 2.24) is 4.57 Å². The summed E-state index contributed by atoms with van der Waals surface area (Å²) in [4.78, 5) is 0. The SMILES string of the molecule is Clc1cc(Cl)cc([N+]2=Cc3cccn3C2)c1. The Kier molecular flexibility index (Phi) is 2.27. The molecule has 0 saturated carbocycles. The van der Waals surface area contributed by atoms with E-state index in [4.69, 9.17) is 23.2 Å². The summed E-state index contributed by atoms with van der Waals surface area (Å²) in [6.07, 6.45) is 4.14. The molecule has 0 amide bonds.